The van der Waals surface area contributed by atoms with Crippen LogP contribution in [0.3, 0.4) is 0 Å². The van der Waals surface area contributed by atoms with Gasteiger partial charge in [-0.2, -0.15) is 0 Å². The molecule has 0 heterocycles. The van der Waals surface area contributed by atoms with Gasteiger partial charge >= 0.3 is 11.9 Å². The average molecular weight is 315 g/mol. The molecule has 6 nitrogen and oxygen atoms in total. The Morgan fingerprint density at radius 1 is 1.04 bits per heavy atom. The number of benzene rings is 2. The number of methoxy groups -OCH3 is 1. The first-order chi connectivity index (χ1) is 11.1. The van der Waals surface area contributed by atoms with E-state index in [2.05, 4.69) is 4.74 Å². The van der Waals surface area contributed by atoms with Gasteiger partial charge in [0.25, 0.3) is 0 Å². The Labute approximate surface area is 133 Å². The second-order valence-electron chi connectivity index (χ2n) is 4.82. The second kappa shape index (κ2) is 7.42. The number of carbonyl (C=O) groups excluding carboxylic acids is 2. The lowest BCUT2D eigenvalue weighted by Crippen LogP contribution is -2.14. The van der Waals surface area contributed by atoms with Crippen molar-refractivity contribution in [3.63, 3.8) is 0 Å². The van der Waals surface area contributed by atoms with Gasteiger partial charge in [-0.3, -0.25) is 0 Å². The number of ether oxygens (including phenoxy) is 2. The zero-order valence-electron chi connectivity index (χ0n) is 12.6. The van der Waals surface area contributed by atoms with Gasteiger partial charge < -0.3 is 20.3 Å². The van der Waals surface area contributed by atoms with Crippen LogP contribution in [0, 0.1) is 0 Å². The molecular weight excluding hydrogens is 298 g/mol. The molecule has 0 aliphatic heterocycles. The molecule has 23 heavy (non-hydrogen) atoms. The summed E-state index contributed by atoms with van der Waals surface area (Å²) < 4.78 is 9.84. The van der Waals surface area contributed by atoms with Crippen LogP contribution < -0.4 is 5.73 Å². The van der Waals surface area contributed by atoms with Gasteiger partial charge in [-0.15, -0.1) is 0 Å². The standard InChI is InChI=1S/C17H17NO5/c1-22-16(20)13-7-12(9-19)8-14(15(13)18)17(21)23-10-11-5-3-2-4-6-11/h2-8,19H,9-10,18H2,1H3. The first-order valence-corrected chi connectivity index (χ1v) is 6.89. The number of aliphatic hydroxyl groups excluding tert-OH is 1. The third kappa shape index (κ3) is 3.87. The number of aliphatic hydroxyl groups is 1. The Bertz CT molecular complexity index is 712. The predicted octanol–water partition coefficient (Wildman–Crippen LogP) is 1.90. The molecule has 0 unspecified atom stereocenters. The summed E-state index contributed by atoms with van der Waals surface area (Å²) in [4.78, 5) is 24.0. The zero-order valence-corrected chi connectivity index (χ0v) is 12.6. The van der Waals surface area contributed by atoms with E-state index in [4.69, 9.17) is 10.5 Å². The number of hydrogen-bond donors (Lipinski definition) is 2. The highest BCUT2D eigenvalue weighted by Crippen LogP contribution is 2.23. The van der Waals surface area contributed by atoms with Crippen molar-refractivity contribution in [3.05, 3.63) is 64.7 Å². The fourth-order valence-corrected chi connectivity index (χ4v) is 2.05. The SMILES string of the molecule is COC(=O)c1cc(CO)cc(C(=O)OCc2ccccc2)c1N. The molecule has 3 N–H and O–H groups in total. The Morgan fingerprint density at radius 3 is 2.22 bits per heavy atom. The molecule has 2 aromatic rings. The van der Waals surface area contributed by atoms with E-state index in [0.29, 0.717) is 5.56 Å². The maximum absolute atomic E-state index is 12.2. The van der Waals surface area contributed by atoms with E-state index in [0.717, 1.165) is 5.56 Å². The Kier molecular flexibility index (Phi) is 5.32. The lowest BCUT2D eigenvalue weighted by Gasteiger charge is -2.12. The summed E-state index contributed by atoms with van der Waals surface area (Å²) in [6, 6.07) is 11.9. The van der Waals surface area contributed by atoms with Crippen LogP contribution in [0.15, 0.2) is 42.5 Å². The minimum Gasteiger partial charge on any atom is -0.465 e. The number of esters is 2. The molecule has 0 saturated heterocycles. The summed E-state index contributed by atoms with van der Waals surface area (Å²) in [5.74, 6) is -1.36. The Balaban J connectivity index is 2.26. The van der Waals surface area contributed by atoms with Crippen molar-refractivity contribution in [1.29, 1.82) is 0 Å². The molecular formula is C17H17NO5. The fourth-order valence-electron chi connectivity index (χ4n) is 2.05. The van der Waals surface area contributed by atoms with Crippen molar-refractivity contribution in [3.8, 4) is 0 Å². The molecule has 0 aliphatic rings. The smallest absolute Gasteiger partial charge is 0.340 e. The third-order valence-electron chi connectivity index (χ3n) is 3.26. The highest BCUT2D eigenvalue weighted by Gasteiger charge is 2.20. The van der Waals surface area contributed by atoms with E-state index in [1.165, 1.54) is 19.2 Å². The summed E-state index contributed by atoms with van der Waals surface area (Å²) in [5, 5.41) is 9.28. The molecule has 2 rings (SSSR count). The molecule has 0 spiro atoms. The van der Waals surface area contributed by atoms with Gasteiger partial charge in [0.15, 0.2) is 0 Å². The molecule has 0 aliphatic carbocycles. The minimum atomic E-state index is -0.685. The number of anilines is 1. The Hall–Kier alpha value is -2.86. The van der Waals surface area contributed by atoms with Gasteiger partial charge in [-0.05, 0) is 23.3 Å². The largest absolute Gasteiger partial charge is 0.465 e. The van der Waals surface area contributed by atoms with Crippen LogP contribution in [-0.4, -0.2) is 24.2 Å². The van der Waals surface area contributed by atoms with Crippen LogP contribution >= 0.6 is 0 Å². The summed E-state index contributed by atoms with van der Waals surface area (Å²) in [5.41, 5.74) is 7.07. The molecule has 0 fully saturated rings. The number of nitrogens with two attached hydrogens (primary N) is 1. The molecule has 2 aromatic carbocycles. The van der Waals surface area contributed by atoms with Crippen LogP contribution in [0.25, 0.3) is 0 Å². The van der Waals surface area contributed by atoms with Crippen LogP contribution in [0.1, 0.15) is 31.8 Å². The topological polar surface area (TPSA) is 98.8 Å². The number of rotatable bonds is 5. The monoisotopic (exact) mass is 315 g/mol. The van der Waals surface area contributed by atoms with Gasteiger partial charge in [-0.25, -0.2) is 9.59 Å². The van der Waals surface area contributed by atoms with Crippen LogP contribution in [0.5, 0.6) is 0 Å². The van der Waals surface area contributed by atoms with Gasteiger partial charge in [0.2, 0.25) is 0 Å². The van der Waals surface area contributed by atoms with Crippen molar-refractivity contribution < 1.29 is 24.2 Å². The van der Waals surface area contributed by atoms with Crippen molar-refractivity contribution in [2.75, 3.05) is 12.8 Å². The Morgan fingerprint density at radius 2 is 1.65 bits per heavy atom. The van der Waals surface area contributed by atoms with Crippen molar-refractivity contribution in [1.82, 2.24) is 0 Å². The second-order valence-corrected chi connectivity index (χ2v) is 4.82. The van der Waals surface area contributed by atoms with Gasteiger partial charge in [0.05, 0.1) is 30.5 Å². The number of hydrogen-bond acceptors (Lipinski definition) is 6. The molecule has 6 heteroatoms. The maximum atomic E-state index is 12.2. The summed E-state index contributed by atoms with van der Waals surface area (Å²) in [6.45, 7) is -0.265. The first-order valence-electron chi connectivity index (χ1n) is 6.89. The summed E-state index contributed by atoms with van der Waals surface area (Å²) in [7, 11) is 1.21. The third-order valence-corrected chi connectivity index (χ3v) is 3.26. The molecule has 120 valence electrons. The molecule has 0 atom stereocenters. The van der Waals surface area contributed by atoms with E-state index in [9.17, 15) is 14.7 Å². The molecule has 0 saturated carbocycles. The van der Waals surface area contributed by atoms with E-state index >= 15 is 0 Å². The highest BCUT2D eigenvalue weighted by molar-refractivity contribution is 6.04. The van der Waals surface area contributed by atoms with Crippen LogP contribution in [-0.2, 0) is 22.7 Å². The van der Waals surface area contributed by atoms with Crippen molar-refractivity contribution in [2.45, 2.75) is 13.2 Å². The quantitative estimate of drug-likeness (QED) is 0.646. The van der Waals surface area contributed by atoms with Crippen LogP contribution in [0.4, 0.5) is 5.69 Å². The van der Waals surface area contributed by atoms with E-state index in [1.54, 1.807) is 0 Å². The fraction of sp³-hybridized carbons (Fsp3) is 0.176. The summed E-state index contributed by atoms with van der Waals surface area (Å²) >= 11 is 0. The van der Waals surface area contributed by atoms with E-state index in [1.807, 2.05) is 30.3 Å². The van der Waals surface area contributed by atoms with Crippen LogP contribution in [0.2, 0.25) is 0 Å². The lowest BCUT2D eigenvalue weighted by molar-refractivity contribution is 0.0474. The molecule has 0 aromatic heterocycles. The van der Waals surface area contributed by atoms with Gasteiger partial charge in [0.1, 0.15) is 6.61 Å². The van der Waals surface area contributed by atoms with Gasteiger partial charge in [-0.1, -0.05) is 30.3 Å². The predicted molar refractivity (Wildman–Crippen MR) is 83.7 cm³/mol. The van der Waals surface area contributed by atoms with Crippen molar-refractivity contribution >= 4 is 17.6 Å². The minimum absolute atomic E-state index is 0.0192. The number of nitrogen functional groups attached to an aromatic ring is 1. The molecule has 0 amide bonds. The van der Waals surface area contributed by atoms with E-state index < -0.39 is 11.9 Å². The first kappa shape index (κ1) is 16.5. The maximum Gasteiger partial charge on any atom is 0.340 e. The molecule has 0 radical (unpaired) electrons. The van der Waals surface area contributed by atoms with Crippen molar-refractivity contribution in [2.24, 2.45) is 0 Å². The summed E-state index contributed by atoms with van der Waals surface area (Å²) in [6.07, 6.45) is 0. The number of carbonyl (C=O) groups is 2. The average Bonchev–Trinajstić information content (AvgIpc) is 2.60. The highest BCUT2D eigenvalue weighted by atomic mass is 16.5. The zero-order chi connectivity index (χ0) is 16.8. The van der Waals surface area contributed by atoms with E-state index in [-0.39, 0.29) is 30.0 Å². The lowest BCUT2D eigenvalue weighted by atomic mass is 10.0. The molecule has 0 bridgehead atoms. The van der Waals surface area contributed by atoms with Gasteiger partial charge in [0, 0.05) is 0 Å². The normalized spacial score (nSPS) is 10.2.